The molecule has 1 aliphatic heterocycles. The second kappa shape index (κ2) is 6.98. The van der Waals surface area contributed by atoms with Gasteiger partial charge in [0.2, 0.25) is 15.9 Å². The Morgan fingerprint density at radius 2 is 2.17 bits per heavy atom. The van der Waals surface area contributed by atoms with Crippen molar-refractivity contribution in [1.82, 2.24) is 20.1 Å². The van der Waals surface area contributed by atoms with Gasteiger partial charge in [0.05, 0.1) is 6.04 Å². The summed E-state index contributed by atoms with van der Waals surface area (Å²) in [5, 5.41) is 6.75. The molecule has 1 aliphatic rings. The Bertz CT molecular complexity index is 651. The second-order valence-electron chi connectivity index (χ2n) is 5.99. The molecular formula is C14H24N4O4S. The lowest BCUT2D eigenvalue weighted by Crippen LogP contribution is -2.46. The van der Waals surface area contributed by atoms with Crippen LogP contribution in [-0.4, -0.2) is 57.1 Å². The van der Waals surface area contributed by atoms with Crippen LogP contribution >= 0.6 is 0 Å². The molecule has 1 aromatic heterocycles. The van der Waals surface area contributed by atoms with Crippen LogP contribution < -0.4 is 10.0 Å². The maximum absolute atomic E-state index is 12.5. The summed E-state index contributed by atoms with van der Waals surface area (Å²) >= 11 is 0. The molecule has 2 N–H and O–H groups in total. The van der Waals surface area contributed by atoms with E-state index in [1.807, 2.05) is 7.05 Å². The normalized spacial score (nSPS) is 20.0. The van der Waals surface area contributed by atoms with Crippen molar-refractivity contribution in [2.75, 3.05) is 26.7 Å². The highest BCUT2D eigenvalue weighted by atomic mass is 32.2. The van der Waals surface area contributed by atoms with Gasteiger partial charge < -0.3 is 14.7 Å². The summed E-state index contributed by atoms with van der Waals surface area (Å²) < 4.78 is 32.2. The number of rotatable bonds is 6. The predicted octanol–water partition coefficient (Wildman–Crippen LogP) is 0.0261. The second-order valence-corrected chi connectivity index (χ2v) is 7.64. The molecule has 9 heteroatoms. The molecule has 2 heterocycles. The SMILES string of the molecule is CNCC1CCN(C(=O)C(C)NS(=O)(=O)c2c(C)noc2C)C1. The lowest BCUT2D eigenvalue weighted by molar-refractivity contribution is -0.131. The third-order valence-electron chi connectivity index (χ3n) is 4.03. The Hall–Kier alpha value is -1.45. The van der Waals surface area contributed by atoms with Crippen molar-refractivity contribution in [1.29, 1.82) is 0 Å². The summed E-state index contributed by atoms with van der Waals surface area (Å²) in [6.07, 6.45) is 0.927. The van der Waals surface area contributed by atoms with Gasteiger partial charge in [-0.25, -0.2) is 8.42 Å². The van der Waals surface area contributed by atoms with Crippen LogP contribution in [0.5, 0.6) is 0 Å². The van der Waals surface area contributed by atoms with Gasteiger partial charge in [-0.15, -0.1) is 0 Å². The lowest BCUT2D eigenvalue weighted by Gasteiger charge is -2.21. The van der Waals surface area contributed by atoms with Crippen molar-refractivity contribution in [3.05, 3.63) is 11.5 Å². The third kappa shape index (κ3) is 3.91. The molecule has 2 unspecified atom stereocenters. The van der Waals surface area contributed by atoms with Crippen LogP contribution in [0.4, 0.5) is 0 Å². The zero-order valence-corrected chi connectivity index (χ0v) is 14.7. The quantitative estimate of drug-likeness (QED) is 0.754. The predicted molar refractivity (Wildman–Crippen MR) is 84.4 cm³/mol. The average Bonchev–Trinajstić information content (AvgIpc) is 3.05. The Kier molecular flexibility index (Phi) is 5.43. The average molecular weight is 344 g/mol. The van der Waals surface area contributed by atoms with Gasteiger partial charge >= 0.3 is 0 Å². The summed E-state index contributed by atoms with van der Waals surface area (Å²) in [5.74, 6) is 0.416. The molecule has 1 amide bonds. The summed E-state index contributed by atoms with van der Waals surface area (Å²) in [6, 6.07) is -0.831. The number of carbonyl (C=O) groups is 1. The number of sulfonamides is 1. The molecule has 1 aromatic rings. The first-order valence-electron chi connectivity index (χ1n) is 7.65. The molecule has 0 saturated carbocycles. The van der Waals surface area contributed by atoms with Gasteiger partial charge in [0.15, 0.2) is 5.76 Å². The number of aryl methyl sites for hydroxylation is 2. The Labute approximate surface area is 136 Å². The van der Waals surface area contributed by atoms with Crippen LogP contribution in [0, 0.1) is 19.8 Å². The minimum absolute atomic E-state index is 0.00614. The first kappa shape index (κ1) is 17.9. The van der Waals surface area contributed by atoms with Crippen molar-refractivity contribution < 1.29 is 17.7 Å². The summed E-state index contributed by atoms with van der Waals surface area (Å²) in [4.78, 5) is 14.2. The van der Waals surface area contributed by atoms with E-state index in [4.69, 9.17) is 4.52 Å². The minimum atomic E-state index is -3.84. The monoisotopic (exact) mass is 344 g/mol. The van der Waals surface area contributed by atoms with Gasteiger partial charge in [0.25, 0.3) is 0 Å². The van der Waals surface area contributed by atoms with E-state index in [0.29, 0.717) is 19.0 Å². The number of nitrogens with one attached hydrogen (secondary N) is 2. The maximum atomic E-state index is 12.5. The maximum Gasteiger partial charge on any atom is 0.246 e. The summed E-state index contributed by atoms with van der Waals surface area (Å²) in [6.45, 7) is 6.80. The number of hydrogen-bond donors (Lipinski definition) is 2. The lowest BCUT2D eigenvalue weighted by atomic mass is 10.1. The van der Waals surface area contributed by atoms with Gasteiger partial charge in [-0.2, -0.15) is 4.72 Å². The molecule has 1 saturated heterocycles. The molecule has 8 nitrogen and oxygen atoms in total. The van der Waals surface area contributed by atoms with E-state index in [9.17, 15) is 13.2 Å². The standard InChI is InChI=1S/C14H24N4O4S/c1-9-13(11(3)22-16-9)23(20,21)17-10(2)14(19)18-6-5-12(8-18)7-15-4/h10,12,15,17H,5-8H2,1-4H3. The molecule has 2 atom stereocenters. The molecule has 0 aromatic carbocycles. The molecule has 130 valence electrons. The van der Waals surface area contributed by atoms with Crippen molar-refractivity contribution in [3.8, 4) is 0 Å². The number of carbonyl (C=O) groups excluding carboxylic acids is 1. The van der Waals surface area contributed by atoms with Crippen molar-refractivity contribution in [2.24, 2.45) is 5.92 Å². The smallest absolute Gasteiger partial charge is 0.246 e. The zero-order valence-electron chi connectivity index (χ0n) is 13.9. The number of hydrogen-bond acceptors (Lipinski definition) is 6. The van der Waals surface area contributed by atoms with E-state index in [1.54, 1.807) is 18.7 Å². The molecular weight excluding hydrogens is 320 g/mol. The molecule has 0 aliphatic carbocycles. The molecule has 0 radical (unpaired) electrons. The first-order chi connectivity index (χ1) is 10.8. The number of likely N-dealkylation sites (tertiary alicyclic amines) is 1. The molecule has 23 heavy (non-hydrogen) atoms. The van der Waals surface area contributed by atoms with Crippen LogP contribution in [0.15, 0.2) is 9.42 Å². The van der Waals surface area contributed by atoms with Gasteiger partial charge in [0.1, 0.15) is 10.6 Å². The molecule has 0 spiro atoms. The first-order valence-corrected chi connectivity index (χ1v) is 9.13. The van der Waals surface area contributed by atoms with Crippen LogP contribution in [0.2, 0.25) is 0 Å². The largest absolute Gasteiger partial charge is 0.360 e. The molecule has 2 rings (SSSR count). The fourth-order valence-corrected chi connectivity index (χ4v) is 4.49. The third-order valence-corrected chi connectivity index (χ3v) is 5.81. The van der Waals surface area contributed by atoms with Gasteiger partial charge in [-0.1, -0.05) is 5.16 Å². The molecule has 0 bridgehead atoms. The summed E-state index contributed by atoms with van der Waals surface area (Å²) in [7, 11) is -1.96. The van der Waals surface area contributed by atoms with Gasteiger partial charge in [-0.05, 0) is 46.7 Å². The van der Waals surface area contributed by atoms with Crippen molar-refractivity contribution in [3.63, 3.8) is 0 Å². The number of aromatic nitrogens is 1. The van der Waals surface area contributed by atoms with Crippen molar-refractivity contribution in [2.45, 2.75) is 38.1 Å². The Morgan fingerprint density at radius 1 is 1.48 bits per heavy atom. The van der Waals surface area contributed by atoms with E-state index in [0.717, 1.165) is 13.0 Å². The van der Waals surface area contributed by atoms with Gasteiger partial charge in [0, 0.05) is 13.1 Å². The van der Waals surface area contributed by atoms with Crippen molar-refractivity contribution >= 4 is 15.9 Å². The van der Waals surface area contributed by atoms with Gasteiger partial charge in [-0.3, -0.25) is 4.79 Å². The topological polar surface area (TPSA) is 105 Å². The van der Waals surface area contributed by atoms with Crippen LogP contribution in [0.3, 0.4) is 0 Å². The highest BCUT2D eigenvalue weighted by molar-refractivity contribution is 7.89. The minimum Gasteiger partial charge on any atom is -0.360 e. The van der Waals surface area contributed by atoms with E-state index in [1.165, 1.54) is 6.92 Å². The highest BCUT2D eigenvalue weighted by Gasteiger charge is 2.32. The fourth-order valence-electron chi connectivity index (χ4n) is 2.96. The highest BCUT2D eigenvalue weighted by Crippen LogP contribution is 2.20. The van der Waals surface area contributed by atoms with E-state index in [2.05, 4.69) is 15.2 Å². The Balaban J connectivity index is 2.04. The van der Waals surface area contributed by atoms with Crippen LogP contribution in [0.25, 0.3) is 0 Å². The van der Waals surface area contributed by atoms with E-state index >= 15 is 0 Å². The summed E-state index contributed by atoms with van der Waals surface area (Å²) in [5.41, 5.74) is 0.282. The fraction of sp³-hybridized carbons (Fsp3) is 0.714. The van der Waals surface area contributed by atoms with Crippen LogP contribution in [0.1, 0.15) is 24.8 Å². The zero-order chi connectivity index (χ0) is 17.2. The molecule has 1 fully saturated rings. The van der Waals surface area contributed by atoms with E-state index < -0.39 is 16.1 Å². The van der Waals surface area contributed by atoms with Crippen LogP contribution in [-0.2, 0) is 14.8 Å². The number of nitrogens with zero attached hydrogens (tertiary/aromatic N) is 2. The number of amides is 1. The van der Waals surface area contributed by atoms with E-state index in [-0.39, 0.29) is 22.3 Å². The Morgan fingerprint density at radius 3 is 2.74 bits per heavy atom.